The lowest BCUT2D eigenvalue weighted by molar-refractivity contribution is 0.631. The Bertz CT molecular complexity index is 632. The van der Waals surface area contributed by atoms with Crippen LogP contribution in [0.25, 0.3) is 0 Å². The van der Waals surface area contributed by atoms with Crippen LogP contribution >= 0.6 is 15.9 Å². The van der Waals surface area contributed by atoms with Crippen LogP contribution in [0.4, 0.5) is 15.8 Å². The fraction of sp³-hybridized carbons (Fsp3) is 0.0714. The third-order valence-electron chi connectivity index (χ3n) is 2.52. The second-order valence-electron chi connectivity index (χ2n) is 3.88. The van der Waals surface area contributed by atoms with Crippen molar-refractivity contribution in [1.29, 1.82) is 5.26 Å². The predicted molar refractivity (Wildman–Crippen MR) is 73.3 cm³/mol. The summed E-state index contributed by atoms with van der Waals surface area (Å²) in [6, 6.07) is 12.2. The van der Waals surface area contributed by atoms with E-state index in [1.165, 1.54) is 6.07 Å². The highest BCUT2D eigenvalue weighted by Gasteiger charge is 2.08. The molecule has 0 aliphatic heterocycles. The van der Waals surface area contributed by atoms with Gasteiger partial charge in [-0.25, -0.2) is 4.39 Å². The van der Waals surface area contributed by atoms with E-state index in [0.29, 0.717) is 21.4 Å². The van der Waals surface area contributed by atoms with E-state index in [1.54, 1.807) is 30.3 Å². The van der Waals surface area contributed by atoms with Crippen LogP contribution in [-0.2, 0) is 0 Å². The number of rotatable bonds is 2. The van der Waals surface area contributed by atoms with Crippen LogP contribution in [0.2, 0.25) is 0 Å². The summed E-state index contributed by atoms with van der Waals surface area (Å²) in [5.41, 5.74) is 2.35. The van der Waals surface area contributed by atoms with Gasteiger partial charge in [0.2, 0.25) is 0 Å². The topological polar surface area (TPSA) is 35.8 Å². The molecule has 0 saturated carbocycles. The summed E-state index contributed by atoms with van der Waals surface area (Å²) < 4.78 is 14.3. The summed E-state index contributed by atoms with van der Waals surface area (Å²) in [5.74, 6) is -0.343. The third-order valence-corrected chi connectivity index (χ3v) is 3.18. The molecule has 0 aromatic heterocycles. The lowest BCUT2D eigenvalue weighted by atomic mass is 10.1. The third kappa shape index (κ3) is 2.52. The van der Waals surface area contributed by atoms with Gasteiger partial charge in [-0.2, -0.15) is 5.26 Å². The number of hydrogen-bond donors (Lipinski definition) is 1. The number of anilines is 2. The number of halogens is 2. The minimum Gasteiger partial charge on any atom is -0.352 e. The van der Waals surface area contributed by atoms with Crippen molar-refractivity contribution in [2.75, 3.05) is 5.32 Å². The van der Waals surface area contributed by atoms with Crippen molar-refractivity contribution in [3.8, 4) is 6.07 Å². The van der Waals surface area contributed by atoms with Crippen molar-refractivity contribution >= 4 is 27.3 Å². The van der Waals surface area contributed by atoms with Gasteiger partial charge in [-0.05, 0) is 52.7 Å². The molecule has 1 N–H and O–H groups in total. The molecule has 0 atom stereocenters. The summed E-state index contributed by atoms with van der Waals surface area (Å²) in [7, 11) is 0. The first-order valence-corrected chi connectivity index (χ1v) is 6.13. The maximum Gasteiger partial charge on any atom is 0.146 e. The number of hydrogen-bond acceptors (Lipinski definition) is 2. The van der Waals surface area contributed by atoms with E-state index in [1.807, 2.05) is 6.92 Å². The number of nitrogens with one attached hydrogen (secondary N) is 1. The minimum absolute atomic E-state index is 0.343. The quantitative estimate of drug-likeness (QED) is 0.886. The largest absolute Gasteiger partial charge is 0.352 e. The molecule has 4 heteroatoms. The maximum atomic E-state index is 13.6. The molecule has 0 saturated heterocycles. The first-order chi connectivity index (χ1) is 8.61. The molecule has 90 valence electrons. The van der Waals surface area contributed by atoms with Crippen molar-refractivity contribution in [1.82, 2.24) is 0 Å². The van der Waals surface area contributed by atoms with Gasteiger partial charge in [-0.1, -0.05) is 12.1 Å². The fourth-order valence-electron chi connectivity index (χ4n) is 1.62. The van der Waals surface area contributed by atoms with Gasteiger partial charge < -0.3 is 5.32 Å². The Hall–Kier alpha value is -1.86. The molecule has 0 amide bonds. The van der Waals surface area contributed by atoms with E-state index >= 15 is 0 Å². The van der Waals surface area contributed by atoms with Crippen LogP contribution in [0.15, 0.2) is 40.9 Å². The molecule has 2 aromatic carbocycles. The van der Waals surface area contributed by atoms with Gasteiger partial charge in [-0.15, -0.1) is 0 Å². The Morgan fingerprint density at radius 2 is 2.00 bits per heavy atom. The van der Waals surface area contributed by atoms with Gasteiger partial charge >= 0.3 is 0 Å². The molecule has 0 radical (unpaired) electrons. The summed E-state index contributed by atoms with van der Waals surface area (Å²) in [6.45, 7) is 1.89. The second kappa shape index (κ2) is 5.19. The molecule has 2 aromatic rings. The van der Waals surface area contributed by atoms with Crippen LogP contribution in [-0.4, -0.2) is 0 Å². The average Bonchev–Trinajstić information content (AvgIpc) is 2.34. The van der Waals surface area contributed by atoms with Gasteiger partial charge in [0.15, 0.2) is 0 Å². The minimum atomic E-state index is -0.343. The molecule has 0 aliphatic carbocycles. The Balaban J connectivity index is 2.44. The van der Waals surface area contributed by atoms with Gasteiger partial charge in [0.25, 0.3) is 0 Å². The zero-order chi connectivity index (χ0) is 13.1. The first kappa shape index (κ1) is 12.6. The number of nitrogens with zero attached hydrogens (tertiary/aromatic N) is 1. The van der Waals surface area contributed by atoms with Gasteiger partial charge in [0.05, 0.1) is 16.9 Å². The normalized spacial score (nSPS) is 9.89. The Morgan fingerprint density at radius 3 is 2.72 bits per heavy atom. The number of benzene rings is 2. The van der Waals surface area contributed by atoms with Crippen LogP contribution in [0.3, 0.4) is 0 Å². The van der Waals surface area contributed by atoms with E-state index in [0.717, 1.165) is 5.56 Å². The average molecular weight is 305 g/mol. The van der Waals surface area contributed by atoms with Crippen molar-refractivity contribution in [2.45, 2.75) is 6.92 Å². The van der Waals surface area contributed by atoms with E-state index in [9.17, 15) is 4.39 Å². The molecule has 0 unspecified atom stereocenters. The van der Waals surface area contributed by atoms with Gasteiger partial charge in [0, 0.05) is 4.47 Å². The summed E-state index contributed by atoms with van der Waals surface area (Å²) >= 11 is 3.30. The molecule has 18 heavy (non-hydrogen) atoms. The van der Waals surface area contributed by atoms with Gasteiger partial charge in [-0.3, -0.25) is 0 Å². The SMILES string of the molecule is Cc1ccc(F)c(Nc2cccc(Br)c2C#N)c1. The second-order valence-corrected chi connectivity index (χ2v) is 4.74. The lowest BCUT2D eigenvalue weighted by Crippen LogP contribution is -1.97. The summed E-state index contributed by atoms with van der Waals surface area (Å²) in [4.78, 5) is 0. The molecular weight excluding hydrogens is 295 g/mol. The van der Waals surface area contributed by atoms with Crippen LogP contribution in [0.5, 0.6) is 0 Å². The van der Waals surface area contributed by atoms with Crippen molar-refractivity contribution < 1.29 is 4.39 Å². The molecular formula is C14H10BrFN2. The molecule has 0 heterocycles. The smallest absolute Gasteiger partial charge is 0.146 e. The Kier molecular flexibility index (Phi) is 3.63. The number of aryl methyl sites for hydroxylation is 1. The molecule has 0 fully saturated rings. The summed E-state index contributed by atoms with van der Waals surface area (Å²) in [5, 5.41) is 12.0. The molecule has 0 aliphatic rings. The highest BCUT2D eigenvalue weighted by Crippen LogP contribution is 2.28. The van der Waals surface area contributed by atoms with E-state index in [-0.39, 0.29) is 5.82 Å². The lowest BCUT2D eigenvalue weighted by Gasteiger charge is -2.10. The van der Waals surface area contributed by atoms with Crippen LogP contribution < -0.4 is 5.32 Å². The monoisotopic (exact) mass is 304 g/mol. The van der Waals surface area contributed by atoms with Crippen LogP contribution in [0.1, 0.15) is 11.1 Å². The number of nitriles is 1. The summed E-state index contributed by atoms with van der Waals surface area (Å²) in [6.07, 6.45) is 0. The standard InChI is InChI=1S/C14H10BrFN2/c1-9-5-6-12(16)14(7-9)18-13-4-2-3-11(15)10(13)8-17/h2-7,18H,1H3. The van der Waals surface area contributed by atoms with Crippen molar-refractivity contribution in [2.24, 2.45) is 0 Å². The van der Waals surface area contributed by atoms with E-state index in [4.69, 9.17) is 5.26 Å². The highest BCUT2D eigenvalue weighted by atomic mass is 79.9. The van der Waals surface area contributed by atoms with E-state index in [2.05, 4.69) is 27.3 Å². The highest BCUT2D eigenvalue weighted by molar-refractivity contribution is 9.10. The van der Waals surface area contributed by atoms with E-state index < -0.39 is 0 Å². The Morgan fingerprint density at radius 1 is 1.22 bits per heavy atom. The van der Waals surface area contributed by atoms with Gasteiger partial charge in [0.1, 0.15) is 11.9 Å². The van der Waals surface area contributed by atoms with Crippen molar-refractivity contribution in [3.63, 3.8) is 0 Å². The maximum absolute atomic E-state index is 13.6. The van der Waals surface area contributed by atoms with Crippen LogP contribution in [0, 0.1) is 24.1 Å². The molecule has 2 rings (SSSR count). The zero-order valence-electron chi connectivity index (χ0n) is 9.67. The Labute approximate surface area is 113 Å². The predicted octanol–water partition coefficient (Wildman–Crippen LogP) is 4.51. The first-order valence-electron chi connectivity index (χ1n) is 5.33. The fourth-order valence-corrected chi connectivity index (χ4v) is 2.08. The zero-order valence-corrected chi connectivity index (χ0v) is 11.3. The molecule has 0 spiro atoms. The molecule has 0 bridgehead atoms. The van der Waals surface area contributed by atoms with Crippen molar-refractivity contribution in [3.05, 3.63) is 57.8 Å². The molecule has 2 nitrogen and oxygen atoms in total.